The lowest BCUT2D eigenvalue weighted by Gasteiger charge is -2.07. The van der Waals surface area contributed by atoms with Crippen LogP contribution in [0, 0.1) is 0 Å². The van der Waals surface area contributed by atoms with Gasteiger partial charge in [0.15, 0.2) is 5.43 Å². The van der Waals surface area contributed by atoms with E-state index >= 15 is 0 Å². The molecule has 0 aliphatic rings. The van der Waals surface area contributed by atoms with Gasteiger partial charge in [-0.25, -0.2) is 0 Å². The first-order chi connectivity index (χ1) is 4.70. The monoisotopic (exact) mass is 137 g/mol. The summed E-state index contributed by atoms with van der Waals surface area (Å²) in [4.78, 5) is 10.6. The molecule has 10 heavy (non-hydrogen) atoms. The van der Waals surface area contributed by atoms with Gasteiger partial charge >= 0.3 is 0 Å². The molecule has 1 aromatic heterocycles. The predicted molar refractivity (Wildman–Crippen MR) is 41.1 cm³/mol. The zero-order valence-corrected chi connectivity index (χ0v) is 6.24. The van der Waals surface area contributed by atoms with Gasteiger partial charge in [-0.2, -0.15) is 0 Å². The molecule has 1 rings (SSSR count). The number of hydrogen-bond acceptors (Lipinski definition) is 1. The summed E-state index contributed by atoms with van der Waals surface area (Å²) in [5.74, 6) is 0. The van der Waals surface area contributed by atoms with Gasteiger partial charge in [0.1, 0.15) is 0 Å². The average molecular weight is 137 g/mol. The van der Waals surface area contributed by atoms with Gasteiger partial charge in [0.25, 0.3) is 0 Å². The molecule has 0 N–H and O–H groups in total. The van der Waals surface area contributed by atoms with E-state index in [9.17, 15) is 4.79 Å². The fraction of sp³-hybridized carbons (Fsp3) is 0.375. The zero-order chi connectivity index (χ0) is 7.56. The molecule has 54 valence electrons. The molecule has 0 amide bonds. The maximum atomic E-state index is 10.6. The van der Waals surface area contributed by atoms with E-state index in [1.807, 2.05) is 4.57 Å². The number of pyridine rings is 1. The van der Waals surface area contributed by atoms with Gasteiger partial charge in [-0.15, -0.1) is 0 Å². The molecule has 2 heteroatoms. The molecule has 0 spiro atoms. The first-order valence-electron chi connectivity index (χ1n) is 3.38. The zero-order valence-electron chi connectivity index (χ0n) is 6.24. The van der Waals surface area contributed by atoms with Gasteiger partial charge in [0.2, 0.25) is 0 Å². The first-order valence-corrected chi connectivity index (χ1v) is 3.38. The Balaban J connectivity index is 3.00. The largest absolute Gasteiger partial charge is 0.352 e. The summed E-state index contributed by atoms with van der Waals surface area (Å²) in [6, 6.07) is 3.57. The van der Waals surface area contributed by atoms with Gasteiger partial charge in [-0.3, -0.25) is 4.79 Å². The highest BCUT2D eigenvalue weighted by atomic mass is 16.1. The Morgan fingerprint density at radius 2 is 1.80 bits per heavy atom. The smallest absolute Gasteiger partial charge is 0.181 e. The molecule has 0 radical (unpaired) electrons. The van der Waals surface area contributed by atoms with Crippen LogP contribution in [-0.4, -0.2) is 4.57 Å². The topological polar surface area (TPSA) is 22.0 Å². The molecule has 1 heterocycles. The highest BCUT2D eigenvalue weighted by Gasteiger charge is 1.91. The quantitative estimate of drug-likeness (QED) is 0.574. The third-order valence-corrected chi connectivity index (χ3v) is 1.42. The van der Waals surface area contributed by atoms with Crippen LogP contribution in [0.2, 0.25) is 0 Å². The van der Waals surface area contributed by atoms with Crippen molar-refractivity contribution < 1.29 is 0 Å². The third-order valence-electron chi connectivity index (χ3n) is 1.42. The van der Waals surface area contributed by atoms with E-state index < -0.39 is 0 Å². The Hall–Kier alpha value is -1.05. The van der Waals surface area contributed by atoms with E-state index in [0.29, 0.717) is 6.04 Å². The highest BCUT2D eigenvalue weighted by molar-refractivity contribution is 4.94. The van der Waals surface area contributed by atoms with Crippen LogP contribution in [0.1, 0.15) is 19.9 Å². The second-order valence-corrected chi connectivity index (χ2v) is 2.57. The molecule has 2 nitrogen and oxygen atoms in total. The summed E-state index contributed by atoms with van der Waals surface area (Å²) in [5, 5.41) is 0. The Bertz CT molecular complexity index is 242. The van der Waals surface area contributed by atoms with Gasteiger partial charge in [0.05, 0.1) is 0 Å². The van der Waals surface area contributed by atoms with E-state index in [2.05, 4.69) is 13.8 Å². The minimum atomic E-state index is 0.0666. The van der Waals surface area contributed by atoms with E-state index in [0.717, 1.165) is 0 Å². The van der Waals surface area contributed by atoms with Crippen molar-refractivity contribution in [2.75, 3.05) is 0 Å². The minimum Gasteiger partial charge on any atom is -0.352 e. The Morgan fingerprint density at radius 1 is 1.30 bits per heavy atom. The third kappa shape index (κ3) is 1.47. The van der Waals surface area contributed by atoms with Crippen molar-refractivity contribution in [3.05, 3.63) is 34.7 Å². The van der Waals surface area contributed by atoms with Crippen LogP contribution >= 0.6 is 0 Å². The molecule has 0 saturated carbocycles. The van der Waals surface area contributed by atoms with Crippen molar-refractivity contribution in [1.29, 1.82) is 0 Å². The summed E-state index contributed by atoms with van der Waals surface area (Å²) in [5.41, 5.74) is 0.0666. The Labute approximate surface area is 60.1 Å². The fourth-order valence-electron chi connectivity index (χ4n) is 0.769. The molecule has 0 atom stereocenters. The standard InChI is InChI=1S/C8H11NO/c1-7(2)9-5-3-8(10)4-6-9/h3-7H,1-2H3. The van der Waals surface area contributed by atoms with Crippen molar-refractivity contribution >= 4 is 0 Å². The summed E-state index contributed by atoms with van der Waals surface area (Å²) < 4.78 is 1.99. The predicted octanol–water partition coefficient (Wildman–Crippen LogP) is 1.43. The molecule has 0 bridgehead atoms. The van der Waals surface area contributed by atoms with E-state index in [1.165, 1.54) is 0 Å². The molecule has 0 aliphatic heterocycles. The highest BCUT2D eigenvalue weighted by Crippen LogP contribution is 1.99. The van der Waals surface area contributed by atoms with Crippen LogP contribution in [0.15, 0.2) is 29.3 Å². The van der Waals surface area contributed by atoms with E-state index in [-0.39, 0.29) is 5.43 Å². The van der Waals surface area contributed by atoms with Crippen molar-refractivity contribution in [3.8, 4) is 0 Å². The molecule has 0 fully saturated rings. The van der Waals surface area contributed by atoms with Crippen molar-refractivity contribution in [2.45, 2.75) is 19.9 Å². The molecule has 0 aliphatic carbocycles. The van der Waals surface area contributed by atoms with Crippen LogP contribution in [-0.2, 0) is 0 Å². The van der Waals surface area contributed by atoms with Crippen LogP contribution in [0.3, 0.4) is 0 Å². The molecule has 0 saturated heterocycles. The van der Waals surface area contributed by atoms with Gasteiger partial charge in [0, 0.05) is 30.6 Å². The SMILES string of the molecule is CC(C)n1ccc(=O)cc1. The van der Waals surface area contributed by atoms with Crippen molar-refractivity contribution in [2.24, 2.45) is 0 Å². The molecular formula is C8H11NO. The lowest BCUT2D eigenvalue weighted by atomic mass is 10.3. The van der Waals surface area contributed by atoms with E-state index in [1.54, 1.807) is 24.5 Å². The number of nitrogens with zero attached hydrogens (tertiary/aromatic N) is 1. The van der Waals surface area contributed by atoms with Crippen LogP contribution in [0.25, 0.3) is 0 Å². The molecule has 0 aromatic carbocycles. The first kappa shape index (κ1) is 7.06. The molecular weight excluding hydrogens is 126 g/mol. The van der Waals surface area contributed by atoms with Crippen molar-refractivity contribution in [3.63, 3.8) is 0 Å². The second kappa shape index (κ2) is 2.69. The normalized spacial score (nSPS) is 10.3. The van der Waals surface area contributed by atoms with Crippen molar-refractivity contribution in [1.82, 2.24) is 4.57 Å². The van der Waals surface area contributed by atoms with Gasteiger partial charge in [-0.1, -0.05) is 0 Å². The lowest BCUT2D eigenvalue weighted by Crippen LogP contribution is -2.05. The lowest BCUT2D eigenvalue weighted by molar-refractivity contribution is 0.595. The van der Waals surface area contributed by atoms with Crippen LogP contribution in [0.5, 0.6) is 0 Å². The second-order valence-electron chi connectivity index (χ2n) is 2.57. The van der Waals surface area contributed by atoms with E-state index in [4.69, 9.17) is 0 Å². The Kier molecular flexibility index (Phi) is 1.90. The number of hydrogen-bond donors (Lipinski definition) is 0. The van der Waals surface area contributed by atoms with Crippen LogP contribution in [0.4, 0.5) is 0 Å². The number of rotatable bonds is 1. The number of aromatic nitrogens is 1. The maximum Gasteiger partial charge on any atom is 0.181 e. The van der Waals surface area contributed by atoms with Gasteiger partial charge in [-0.05, 0) is 13.8 Å². The maximum absolute atomic E-state index is 10.6. The minimum absolute atomic E-state index is 0.0666. The summed E-state index contributed by atoms with van der Waals surface area (Å²) in [6.45, 7) is 4.15. The fourth-order valence-corrected chi connectivity index (χ4v) is 0.769. The van der Waals surface area contributed by atoms with Crippen LogP contribution < -0.4 is 5.43 Å². The molecule has 1 aromatic rings. The molecule has 0 unspecified atom stereocenters. The average Bonchev–Trinajstić information content (AvgIpc) is 1.88. The summed E-state index contributed by atoms with van der Waals surface area (Å²) in [6.07, 6.45) is 3.60. The summed E-state index contributed by atoms with van der Waals surface area (Å²) in [7, 11) is 0. The Morgan fingerprint density at radius 3 is 2.20 bits per heavy atom. The summed E-state index contributed by atoms with van der Waals surface area (Å²) >= 11 is 0. The van der Waals surface area contributed by atoms with Gasteiger partial charge < -0.3 is 4.57 Å².